The molecule has 2 aliphatic heterocycles. The molecular formula is C28H31N3O4. The van der Waals surface area contributed by atoms with E-state index in [1.165, 1.54) is 11.8 Å². The maximum absolute atomic E-state index is 13.6. The molecule has 2 aromatic carbocycles. The number of benzene rings is 2. The van der Waals surface area contributed by atoms with Crippen molar-refractivity contribution in [1.82, 2.24) is 9.47 Å². The number of nitrogens with one attached hydrogen (secondary N) is 1. The highest BCUT2D eigenvalue weighted by atomic mass is 16.5. The second-order valence-corrected chi connectivity index (χ2v) is 9.64. The predicted molar refractivity (Wildman–Crippen MR) is 136 cm³/mol. The number of anilines is 1. The van der Waals surface area contributed by atoms with Gasteiger partial charge in [-0.15, -0.1) is 0 Å². The first-order valence-electron chi connectivity index (χ1n) is 12.0. The Morgan fingerprint density at radius 3 is 2.60 bits per heavy atom. The van der Waals surface area contributed by atoms with Crippen LogP contribution in [0, 0.1) is 5.92 Å². The maximum atomic E-state index is 13.6. The number of imide groups is 1. The van der Waals surface area contributed by atoms with Crippen LogP contribution >= 0.6 is 0 Å². The molecule has 1 unspecified atom stereocenters. The van der Waals surface area contributed by atoms with Gasteiger partial charge in [0.1, 0.15) is 0 Å². The number of rotatable bonds is 6. The Kier molecular flexibility index (Phi) is 5.79. The number of methoxy groups -OCH3 is 2. The number of amides is 2. The van der Waals surface area contributed by atoms with E-state index in [0.29, 0.717) is 23.0 Å². The quantitative estimate of drug-likeness (QED) is 0.551. The Balaban J connectivity index is 1.76. The second kappa shape index (κ2) is 8.80. The molecular weight excluding hydrogens is 442 g/mol. The van der Waals surface area contributed by atoms with Crippen LogP contribution in [-0.2, 0) is 16.1 Å². The van der Waals surface area contributed by atoms with Crippen LogP contribution < -0.4 is 14.8 Å². The van der Waals surface area contributed by atoms with E-state index >= 15 is 0 Å². The summed E-state index contributed by atoms with van der Waals surface area (Å²) in [5, 5.41) is 4.63. The van der Waals surface area contributed by atoms with Gasteiger partial charge in [0.05, 0.1) is 31.9 Å². The summed E-state index contributed by atoms with van der Waals surface area (Å²) >= 11 is 0. The van der Waals surface area contributed by atoms with Crippen molar-refractivity contribution in [3.63, 3.8) is 0 Å². The van der Waals surface area contributed by atoms with Crippen molar-refractivity contribution < 1.29 is 19.1 Å². The normalized spacial score (nSPS) is 17.0. The zero-order valence-electron chi connectivity index (χ0n) is 20.8. The largest absolute Gasteiger partial charge is 0.493 e. The number of hydrogen-bond acceptors (Lipinski definition) is 5. The number of carbonyl (C=O) groups excluding carboxylic acids is 2. The second-order valence-electron chi connectivity index (χ2n) is 9.64. The maximum Gasteiger partial charge on any atom is 0.259 e. The number of carbonyl (C=O) groups is 2. The highest BCUT2D eigenvalue weighted by Gasteiger charge is 2.41. The molecule has 0 saturated carbocycles. The van der Waals surface area contributed by atoms with Crippen LogP contribution in [-0.4, -0.2) is 42.0 Å². The van der Waals surface area contributed by atoms with Gasteiger partial charge >= 0.3 is 0 Å². The SMILES string of the molecule is COc1ccc(C2C3=C(CN(C(C)=O)C3=O)Nc3cccc4c3c2cn4CCC(C)C)cc1OC. The first kappa shape index (κ1) is 23.0. The third-order valence-corrected chi connectivity index (χ3v) is 7.01. The van der Waals surface area contributed by atoms with Gasteiger partial charge < -0.3 is 19.4 Å². The lowest BCUT2D eigenvalue weighted by molar-refractivity contribution is -0.139. The lowest BCUT2D eigenvalue weighted by atomic mass is 9.84. The van der Waals surface area contributed by atoms with Crippen LogP contribution in [0.25, 0.3) is 10.9 Å². The van der Waals surface area contributed by atoms with Gasteiger partial charge in [-0.25, -0.2) is 0 Å². The van der Waals surface area contributed by atoms with E-state index in [4.69, 9.17) is 9.47 Å². The summed E-state index contributed by atoms with van der Waals surface area (Å²) in [7, 11) is 3.21. The first-order valence-corrected chi connectivity index (χ1v) is 12.0. The fourth-order valence-corrected chi connectivity index (χ4v) is 5.24. The predicted octanol–water partition coefficient (Wildman–Crippen LogP) is 4.90. The Bertz CT molecular complexity index is 1370. The van der Waals surface area contributed by atoms with E-state index < -0.39 is 0 Å². The molecule has 0 aliphatic carbocycles. The highest BCUT2D eigenvalue weighted by molar-refractivity contribution is 6.11. The van der Waals surface area contributed by atoms with Crippen molar-refractivity contribution in [3.05, 3.63) is 65.0 Å². The average Bonchev–Trinajstić information content (AvgIpc) is 3.32. The summed E-state index contributed by atoms with van der Waals surface area (Å²) < 4.78 is 13.3. The molecule has 5 rings (SSSR count). The lowest BCUT2D eigenvalue weighted by Gasteiger charge is -2.20. The fraction of sp³-hybridized carbons (Fsp3) is 0.357. The van der Waals surface area contributed by atoms with Gasteiger partial charge in [-0.2, -0.15) is 0 Å². The molecule has 7 nitrogen and oxygen atoms in total. The summed E-state index contributed by atoms with van der Waals surface area (Å²) in [4.78, 5) is 27.3. The van der Waals surface area contributed by atoms with Crippen LogP contribution in [0.5, 0.6) is 11.5 Å². The van der Waals surface area contributed by atoms with E-state index in [1.807, 2.05) is 30.3 Å². The topological polar surface area (TPSA) is 72.8 Å². The minimum absolute atomic E-state index is 0.237. The van der Waals surface area contributed by atoms with Crippen molar-refractivity contribution in [2.45, 2.75) is 39.7 Å². The van der Waals surface area contributed by atoms with E-state index in [2.05, 4.69) is 36.0 Å². The average molecular weight is 474 g/mol. The van der Waals surface area contributed by atoms with E-state index in [0.717, 1.165) is 46.4 Å². The first-order chi connectivity index (χ1) is 16.8. The molecule has 0 fully saturated rings. The minimum atomic E-state index is -0.361. The van der Waals surface area contributed by atoms with Gasteiger partial charge in [-0.05, 0) is 47.7 Å². The summed E-state index contributed by atoms with van der Waals surface area (Å²) in [5.41, 5.74) is 5.41. The van der Waals surface area contributed by atoms with Gasteiger partial charge in [-0.1, -0.05) is 26.0 Å². The molecule has 35 heavy (non-hydrogen) atoms. The van der Waals surface area contributed by atoms with Gasteiger partial charge in [-0.3, -0.25) is 14.5 Å². The van der Waals surface area contributed by atoms with E-state index in [1.54, 1.807) is 14.2 Å². The van der Waals surface area contributed by atoms with Gasteiger partial charge in [0.25, 0.3) is 5.91 Å². The van der Waals surface area contributed by atoms with Crippen LogP contribution in [0.1, 0.15) is 44.2 Å². The third-order valence-electron chi connectivity index (χ3n) is 7.01. The number of aryl methyl sites for hydroxylation is 1. The molecule has 2 amide bonds. The number of hydrogen-bond donors (Lipinski definition) is 1. The van der Waals surface area contributed by atoms with Crippen molar-refractivity contribution in [1.29, 1.82) is 0 Å². The molecule has 0 saturated heterocycles. The smallest absolute Gasteiger partial charge is 0.259 e. The number of ether oxygens (including phenoxy) is 2. The van der Waals surface area contributed by atoms with Crippen molar-refractivity contribution in [3.8, 4) is 11.5 Å². The molecule has 182 valence electrons. The molecule has 1 aromatic heterocycles. The third kappa shape index (κ3) is 3.75. The minimum Gasteiger partial charge on any atom is -0.493 e. The molecule has 0 spiro atoms. The van der Waals surface area contributed by atoms with Gasteiger partial charge in [0, 0.05) is 42.4 Å². The highest BCUT2D eigenvalue weighted by Crippen LogP contribution is 2.47. The summed E-state index contributed by atoms with van der Waals surface area (Å²) in [6, 6.07) is 12.0. The van der Waals surface area contributed by atoms with E-state index in [9.17, 15) is 9.59 Å². The summed E-state index contributed by atoms with van der Waals surface area (Å²) in [5.74, 6) is 0.920. The zero-order chi connectivity index (χ0) is 24.9. The Labute approximate surface area is 205 Å². The van der Waals surface area contributed by atoms with E-state index in [-0.39, 0.29) is 24.3 Å². The van der Waals surface area contributed by atoms with Crippen LogP contribution in [0.4, 0.5) is 5.69 Å². The molecule has 1 N–H and O–H groups in total. The van der Waals surface area contributed by atoms with Crippen LogP contribution in [0.2, 0.25) is 0 Å². The molecule has 0 radical (unpaired) electrons. The lowest BCUT2D eigenvalue weighted by Crippen LogP contribution is -2.33. The molecule has 3 heterocycles. The number of aromatic nitrogens is 1. The fourth-order valence-electron chi connectivity index (χ4n) is 5.24. The van der Waals surface area contributed by atoms with Crippen molar-refractivity contribution >= 4 is 28.4 Å². The van der Waals surface area contributed by atoms with Gasteiger partial charge in [0.2, 0.25) is 5.91 Å². The van der Waals surface area contributed by atoms with Gasteiger partial charge in [0.15, 0.2) is 11.5 Å². The standard InChI is InChI=1S/C28H31N3O4/c1-16(2)11-12-30-14-19-25(18-9-10-23(34-4)24(13-18)35-5)27-21(15-31(17(3)32)28(27)33)29-20-7-6-8-22(30)26(19)20/h6-10,13-14,16,25,29H,11-12,15H2,1-5H3. The zero-order valence-corrected chi connectivity index (χ0v) is 20.8. The molecule has 2 aliphatic rings. The monoisotopic (exact) mass is 473 g/mol. The van der Waals surface area contributed by atoms with Crippen LogP contribution in [0.3, 0.4) is 0 Å². The van der Waals surface area contributed by atoms with Crippen molar-refractivity contribution in [2.75, 3.05) is 26.1 Å². The van der Waals surface area contributed by atoms with Crippen molar-refractivity contribution in [2.24, 2.45) is 5.92 Å². The molecule has 1 atom stereocenters. The molecule has 7 heteroatoms. The molecule has 0 bridgehead atoms. The molecule has 3 aromatic rings. The van der Waals surface area contributed by atoms with Crippen LogP contribution in [0.15, 0.2) is 53.9 Å². The number of nitrogens with zero attached hydrogens (tertiary/aromatic N) is 2. The summed E-state index contributed by atoms with van der Waals surface area (Å²) in [6.45, 7) is 7.00. The summed E-state index contributed by atoms with van der Waals surface area (Å²) in [6.07, 6.45) is 3.23. The Morgan fingerprint density at radius 1 is 1.14 bits per heavy atom. The Hall–Kier alpha value is -3.74. The Morgan fingerprint density at radius 2 is 1.91 bits per heavy atom.